The molecule has 0 radical (unpaired) electrons. The van der Waals surface area contributed by atoms with Crippen LogP contribution in [0.3, 0.4) is 0 Å². The number of sulfonamides is 1. The van der Waals surface area contributed by atoms with Crippen LogP contribution in [0, 0.1) is 0 Å². The van der Waals surface area contributed by atoms with Crippen LogP contribution < -0.4 is 0 Å². The van der Waals surface area contributed by atoms with Gasteiger partial charge in [0.25, 0.3) is 0 Å². The van der Waals surface area contributed by atoms with E-state index in [2.05, 4.69) is 0 Å². The number of rotatable bonds is 6. The third-order valence-electron chi connectivity index (χ3n) is 4.81. The van der Waals surface area contributed by atoms with Crippen molar-refractivity contribution in [3.05, 3.63) is 64.4 Å². The Labute approximate surface area is 182 Å². The van der Waals surface area contributed by atoms with Crippen molar-refractivity contribution in [2.24, 2.45) is 0 Å². The minimum atomic E-state index is -3.76. The summed E-state index contributed by atoms with van der Waals surface area (Å²) < 4.78 is 32.4. The van der Waals surface area contributed by atoms with Gasteiger partial charge in [-0.05, 0) is 28.3 Å². The van der Waals surface area contributed by atoms with E-state index >= 15 is 0 Å². The van der Waals surface area contributed by atoms with E-state index in [4.69, 9.17) is 4.74 Å². The monoisotopic (exact) mass is 461 g/mol. The van der Waals surface area contributed by atoms with E-state index in [9.17, 15) is 18.0 Å². The molecule has 2 aromatic carbocycles. The standard InChI is InChI=1S/C21H19NO5S3/c23-18(17-6-5-15-3-1-2-4-16(15)13-17)14-27-21(24)20-19(7-10-29-20)30(25,26)22-8-11-28-12-9-22/h1-7,10,13H,8-9,11-12,14H2. The summed E-state index contributed by atoms with van der Waals surface area (Å²) in [6, 6.07) is 14.4. The molecule has 1 aromatic heterocycles. The number of carbonyl (C=O) groups is 2. The number of benzene rings is 2. The number of carbonyl (C=O) groups excluding carboxylic acids is 2. The van der Waals surface area contributed by atoms with E-state index in [1.165, 1.54) is 10.4 Å². The van der Waals surface area contributed by atoms with Crippen LogP contribution >= 0.6 is 23.1 Å². The van der Waals surface area contributed by atoms with Crippen LogP contribution in [0.2, 0.25) is 0 Å². The molecule has 0 amide bonds. The summed E-state index contributed by atoms with van der Waals surface area (Å²) in [6.45, 7) is 0.379. The van der Waals surface area contributed by atoms with Crippen LogP contribution in [0.1, 0.15) is 20.0 Å². The first-order valence-electron chi connectivity index (χ1n) is 9.31. The number of Topliss-reactive ketones (excluding diaryl/α,β-unsaturated/α-hetero) is 1. The molecule has 1 fully saturated rings. The second kappa shape index (κ2) is 8.89. The molecule has 0 aliphatic carbocycles. The Morgan fingerprint density at radius 2 is 1.73 bits per heavy atom. The Morgan fingerprint density at radius 3 is 2.50 bits per heavy atom. The van der Waals surface area contributed by atoms with Gasteiger partial charge in [0.05, 0.1) is 0 Å². The maximum atomic E-state index is 12.9. The van der Waals surface area contributed by atoms with Crippen LogP contribution in [-0.4, -0.2) is 55.7 Å². The fourth-order valence-electron chi connectivity index (χ4n) is 3.22. The maximum absolute atomic E-state index is 12.9. The summed E-state index contributed by atoms with van der Waals surface area (Å²) in [6.07, 6.45) is 0. The van der Waals surface area contributed by atoms with Crippen molar-refractivity contribution >= 4 is 55.6 Å². The number of ketones is 1. The highest BCUT2D eigenvalue weighted by molar-refractivity contribution is 7.99. The molecule has 1 aliphatic rings. The van der Waals surface area contributed by atoms with E-state index in [1.54, 1.807) is 29.3 Å². The van der Waals surface area contributed by atoms with Crippen LogP contribution in [0.5, 0.6) is 0 Å². The number of thiophene rings is 1. The lowest BCUT2D eigenvalue weighted by molar-refractivity contribution is 0.0476. The Hall–Kier alpha value is -2.20. The molecule has 6 nitrogen and oxygen atoms in total. The summed E-state index contributed by atoms with van der Waals surface area (Å²) in [5.41, 5.74) is 0.436. The number of fused-ring (bicyclic) bond motifs is 1. The molecule has 0 N–H and O–H groups in total. The molecule has 0 spiro atoms. The molecular formula is C21H19NO5S3. The van der Waals surface area contributed by atoms with Gasteiger partial charge in [0.2, 0.25) is 10.0 Å². The van der Waals surface area contributed by atoms with Crippen molar-refractivity contribution in [3.63, 3.8) is 0 Å². The van der Waals surface area contributed by atoms with Crippen molar-refractivity contribution in [2.75, 3.05) is 31.2 Å². The molecule has 0 saturated carbocycles. The fraction of sp³-hybridized carbons (Fsp3) is 0.238. The molecule has 4 rings (SSSR count). The number of esters is 1. The number of nitrogens with zero attached hydrogens (tertiary/aromatic N) is 1. The van der Waals surface area contributed by atoms with Gasteiger partial charge in [-0.1, -0.05) is 36.4 Å². The Balaban J connectivity index is 1.47. The normalized spacial score (nSPS) is 15.2. The molecule has 156 valence electrons. The molecule has 0 bridgehead atoms. The highest BCUT2D eigenvalue weighted by Gasteiger charge is 2.31. The average molecular weight is 462 g/mol. The molecule has 3 aromatic rings. The number of hydrogen-bond acceptors (Lipinski definition) is 7. The highest BCUT2D eigenvalue weighted by atomic mass is 32.2. The number of ether oxygens (including phenoxy) is 1. The van der Waals surface area contributed by atoms with Gasteiger partial charge in [-0.2, -0.15) is 16.1 Å². The zero-order chi connectivity index (χ0) is 21.1. The van der Waals surface area contributed by atoms with Crippen molar-refractivity contribution in [3.8, 4) is 0 Å². The molecule has 9 heteroatoms. The fourth-order valence-corrected chi connectivity index (χ4v) is 7.08. The predicted molar refractivity (Wildman–Crippen MR) is 119 cm³/mol. The van der Waals surface area contributed by atoms with E-state index < -0.39 is 22.6 Å². The lowest BCUT2D eigenvalue weighted by Gasteiger charge is -2.25. The lowest BCUT2D eigenvalue weighted by Crippen LogP contribution is -2.38. The van der Waals surface area contributed by atoms with Gasteiger partial charge in [0.15, 0.2) is 12.4 Å². The summed E-state index contributed by atoms with van der Waals surface area (Å²) in [7, 11) is -3.76. The van der Waals surface area contributed by atoms with Gasteiger partial charge in [-0.3, -0.25) is 4.79 Å². The van der Waals surface area contributed by atoms with E-state index in [0.29, 0.717) is 18.7 Å². The topological polar surface area (TPSA) is 80.8 Å². The molecule has 0 unspecified atom stereocenters. The van der Waals surface area contributed by atoms with E-state index in [0.717, 1.165) is 33.6 Å². The van der Waals surface area contributed by atoms with Gasteiger partial charge < -0.3 is 4.74 Å². The third-order valence-corrected chi connectivity index (χ3v) is 8.72. The zero-order valence-electron chi connectivity index (χ0n) is 15.9. The second-order valence-corrected chi connectivity index (χ2v) is 10.7. The van der Waals surface area contributed by atoms with Crippen molar-refractivity contribution in [1.29, 1.82) is 0 Å². The van der Waals surface area contributed by atoms with Gasteiger partial charge in [-0.15, -0.1) is 11.3 Å². The largest absolute Gasteiger partial charge is 0.453 e. The first kappa shape index (κ1) is 21.0. The van der Waals surface area contributed by atoms with E-state index in [1.807, 2.05) is 30.3 Å². The summed E-state index contributed by atoms with van der Waals surface area (Å²) in [4.78, 5) is 25.0. The number of thioether (sulfide) groups is 1. The Bertz CT molecular complexity index is 1200. The van der Waals surface area contributed by atoms with Crippen molar-refractivity contribution < 1.29 is 22.7 Å². The lowest BCUT2D eigenvalue weighted by atomic mass is 10.0. The van der Waals surface area contributed by atoms with Crippen LogP contribution in [-0.2, 0) is 14.8 Å². The van der Waals surface area contributed by atoms with Gasteiger partial charge >= 0.3 is 5.97 Å². The van der Waals surface area contributed by atoms with Gasteiger partial charge in [0, 0.05) is 30.2 Å². The third kappa shape index (κ3) is 4.29. The number of hydrogen-bond donors (Lipinski definition) is 0. The highest BCUT2D eigenvalue weighted by Crippen LogP contribution is 2.28. The van der Waals surface area contributed by atoms with Crippen LogP contribution in [0.4, 0.5) is 0 Å². The van der Waals surface area contributed by atoms with Crippen LogP contribution in [0.15, 0.2) is 58.8 Å². The first-order valence-corrected chi connectivity index (χ1v) is 12.8. The van der Waals surface area contributed by atoms with Crippen molar-refractivity contribution in [2.45, 2.75) is 4.90 Å². The zero-order valence-corrected chi connectivity index (χ0v) is 18.4. The summed E-state index contributed by atoms with van der Waals surface area (Å²) in [5.74, 6) is 0.305. The maximum Gasteiger partial charge on any atom is 0.350 e. The minimum Gasteiger partial charge on any atom is -0.453 e. The minimum absolute atomic E-state index is 0.000428. The molecule has 1 aliphatic heterocycles. The van der Waals surface area contributed by atoms with Gasteiger partial charge in [-0.25, -0.2) is 13.2 Å². The van der Waals surface area contributed by atoms with Gasteiger partial charge in [0.1, 0.15) is 9.77 Å². The molecule has 0 atom stereocenters. The molecular weight excluding hydrogens is 442 g/mol. The SMILES string of the molecule is O=C(COC(=O)c1sccc1S(=O)(=O)N1CCSCC1)c1ccc2ccccc2c1. The van der Waals surface area contributed by atoms with Crippen LogP contribution in [0.25, 0.3) is 10.8 Å². The average Bonchev–Trinajstić information content (AvgIpc) is 3.28. The Kier molecular flexibility index (Phi) is 6.24. The summed E-state index contributed by atoms with van der Waals surface area (Å²) in [5, 5.41) is 3.48. The molecule has 30 heavy (non-hydrogen) atoms. The second-order valence-electron chi connectivity index (χ2n) is 6.69. The first-order chi connectivity index (χ1) is 14.5. The summed E-state index contributed by atoms with van der Waals surface area (Å²) >= 11 is 2.70. The Morgan fingerprint density at radius 1 is 1.00 bits per heavy atom. The smallest absolute Gasteiger partial charge is 0.350 e. The quantitative estimate of drug-likeness (QED) is 0.412. The molecule has 2 heterocycles. The predicted octanol–water partition coefficient (Wildman–Crippen LogP) is 3.68. The van der Waals surface area contributed by atoms with Crippen molar-refractivity contribution in [1.82, 2.24) is 4.31 Å². The molecule has 1 saturated heterocycles. The van der Waals surface area contributed by atoms with E-state index in [-0.39, 0.29) is 15.6 Å².